The van der Waals surface area contributed by atoms with E-state index < -0.39 is 16.5 Å². The van der Waals surface area contributed by atoms with Crippen molar-refractivity contribution in [2.75, 3.05) is 20.0 Å². The van der Waals surface area contributed by atoms with Crippen LogP contribution >= 0.6 is 11.8 Å². The van der Waals surface area contributed by atoms with Gasteiger partial charge in [0.05, 0.1) is 12.5 Å². The Kier molecular flexibility index (Phi) is 11.2. The number of esters is 1. The van der Waals surface area contributed by atoms with Crippen LogP contribution in [0.3, 0.4) is 0 Å². The van der Waals surface area contributed by atoms with Crippen LogP contribution in [0.25, 0.3) is 0 Å². The quantitative estimate of drug-likeness (QED) is 0.118. The highest BCUT2D eigenvalue weighted by molar-refractivity contribution is 7.98. The number of halogens is 1. The maximum Gasteiger partial charge on any atom is 0.319 e. The zero-order valence-electron chi connectivity index (χ0n) is 20.7. The zero-order valence-corrected chi connectivity index (χ0v) is 21.5. The number of nitrogens with zero attached hydrogens (tertiary/aromatic N) is 1. The summed E-state index contributed by atoms with van der Waals surface area (Å²) in [6, 6.07) is 21.3. The Morgan fingerprint density at radius 2 is 1.58 bits per heavy atom. The Bertz CT molecular complexity index is 1100. The molecule has 4 rings (SSSR count). The summed E-state index contributed by atoms with van der Waals surface area (Å²) < 4.78 is 22.2. The molecule has 9 heteroatoms. The number of rotatable bonds is 7. The SMILES string of the molecule is COc1ccc(OC(=O)C2(CO[N+](=O)[O-])CC2)cc1.CSc1ccccc1C.Cc1ccc(F)cc1. The van der Waals surface area contributed by atoms with E-state index in [1.165, 1.54) is 29.7 Å². The first-order valence-electron chi connectivity index (χ1n) is 11.1. The Morgan fingerprint density at radius 3 is 2.03 bits per heavy atom. The molecule has 0 N–H and O–H groups in total. The minimum atomic E-state index is -0.902. The second-order valence-electron chi connectivity index (χ2n) is 8.11. The highest BCUT2D eigenvalue weighted by Crippen LogP contribution is 2.47. The molecule has 0 radical (unpaired) electrons. The molecule has 0 bridgehead atoms. The molecule has 0 saturated heterocycles. The summed E-state index contributed by atoms with van der Waals surface area (Å²) in [4.78, 5) is 27.7. The third-order valence-corrected chi connectivity index (χ3v) is 6.23. The van der Waals surface area contributed by atoms with Crippen LogP contribution in [0.1, 0.15) is 24.0 Å². The maximum atomic E-state index is 12.1. The Balaban J connectivity index is 0.000000221. The fraction of sp³-hybridized carbons (Fsp3) is 0.296. The number of aryl methyl sites for hydroxylation is 2. The van der Waals surface area contributed by atoms with Gasteiger partial charge >= 0.3 is 5.97 Å². The van der Waals surface area contributed by atoms with E-state index >= 15 is 0 Å². The van der Waals surface area contributed by atoms with Crippen LogP contribution in [0, 0.1) is 35.2 Å². The summed E-state index contributed by atoms with van der Waals surface area (Å²) in [5.41, 5.74) is 1.59. The Hall–Kier alpha value is -3.59. The highest BCUT2D eigenvalue weighted by atomic mass is 32.2. The molecule has 1 saturated carbocycles. The average Bonchev–Trinajstić information content (AvgIpc) is 3.68. The molecule has 7 nitrogen and oxygen atoms in total. The molecule has 0 aliphatic heterocycles. The second-order valence-corrected chi connectivity index (χ2v) is 8.96. The van der Waals surface area contributed by atoms with Gasteiger partial charge in [-0.15, -0.1) is 21.9 Å². The number of benzene rings is 3. The van der Waals surface area contributed by atoms with E-state index in [2.05, 4.69) is 42.3 Å². The van der Waals surface area contributed by atoms with Crippen LogP contribution in [0.4, 0.5) is 4.39 Å². The van der Waals surface area contributed by atoms with Gasteiger partial charge in [-0.2, -0.15) is 0 Å². The number of thioether (sulfide) groups is 1. The lowest BCUT2D eigenvalue weighted by molar-refractivity contribution is -0.759. The molecule has 3 aromatic rings. The molecule has 1 fully saturated rings. The zero-order chi connectivity index (χ0) is 26.6. The van der Waals surface area contributed by atoms with Crippen molar-refractivity contribution in [3.05, 3.63) is 99.9 Å². The van der Waals surface area contributed by atoms with Crippen molar-refractivity contribution in [3.8, 4) is 11.5 Å². The molecule has 192 valence electrons. The fourth-order valence-electron chi connectivity index (χ4n) is 2.91. The van der Waals surface area contributed by atoms with Gasteiger partial charge in [0.1, 0.15) is 23.9 Å². The Morgan fingerprint density at radius 1 is 1.00 bits per heavy atom. The first kappa shape index (κ1) is 28.6. The van der Waals surface area contributed by atoms with Crippen molar-refractivity contribution in [1.82, 2.24) is 0 Å². The lowest BCUT2D eigenvalue weighted by Gasteiger charge is -2.12. The minimum Gasteiger partial charge on any atom is -0.497 e. The van der Waals surface area contributed by atoms with Gasteiger partial charge in [-0.25, -0.2) is 4.39 Å². The van der Waals surface area contributed by atoms with E-state index in [1.54, 1.807) is 48.2 Å². The number of carbonyl (C=O) groups excluding carboxylic acids is 1. The van der Waals surface area contributed by atoms with Gasteiger partial charge in [0.15, 0.2) is 0 Å². The van der Waals surface area contributed by atoms with Gasteiger partial charge in [-0.3, -0.25) is 4.79 Å². The molecule has 36 heavy (non-hydrogen) atoms. The van der Waals surface area contributed by atoms with Gasteiger partial charge in [-0.1, -0.05) is 35.9 Å². The summed E-state index contributed by atoms with van der Waals surface area (Å²) in [6.45, 7) is 3.81. The molecule has 0 heterocycles. The van der Waals surface area contributed by atoms with Crippen molar-refractivity contribution in [3.63, 3.8) is 0 Å². The second kappa shape index (κ2) is 14.1. The molecule has 3 aromatic carbocycles. The van der Waals surface area contributed by atoms with Gasteiger partial charge in [0, 0.05) is 4.90 Å². The van der Waals surface area contributed by atoms with E-state index in [-0.39, 0.29) is 12.4 Å². The van der Waals surface area contributed by atoms with Crippen LogP contribution in [-0.2, 0) is 9.63 Å². The van der Waals surface area contributed by atoms with Crippen LogP contribution in [0.2, 0.25) is 0 Å². The van der Waals surface area contributed by atoms with Crippen molar-refractivity contribution < 1.29 is 28.6 Å². The molecule has 0 unspecified atom stereocenters. The van der Waals surface area contributed by atoms with Crippen molar-refractivity contribution >= 4 is 17.7 Å². The van der Waals surface area contributed by atoms with Crippen LogP contribution in [0.15, 0.2) is 77.7 Å². The molecule has 0 spiro atoms. The first-order valence-corrected chi connectivity index (χ1v) is 12.4. The smallest absolute Gasteiger partial charge is 0.319 e. The highest BCUT2D eigenvalue weighted by Gasteiger charge is 2.52. The first-order chi connectivity index (χ1) is 17.2. The lowest BCUT2D eigenvalue weighted by atomic mass is 10.1. The molecule has 0 aromatic heterocycles. The van der Waals surface area contributed by atoms with Crippen LogP contribution in [0.5, 0.6) is 11.5 Å². The summed E-state index contributed by atoms with van der Waals surface area (Å²) in [5, 5.41) is 9.24. The van der Waals surface area contributed by atoms with E-state index in [0.29, 0.717) is 24.3 Å². The summed E-state index contributed by atoms with van der Waals surface area (Å²) in [6.07, 6.45) is 3.17. The maximum absolute atomic E-state index is 12.1. The van der Waals surface area contributed by atoms with Crippen LogP contribution < -0.4 is 9.47 Å². The van der Waals surface area contributed by atoms with Gasteiger partial charge in [-0.05, 0) is 81.0 Å². The topological polar surface area (TPSA) is 87.9 Å². The third-order valence-electron chi connectivity index (χ3n) is 5.33. The summed E-state index contributed by atoms with van der Waals surface area (Å²) in [7, 11) is 1.54. The molecule has 0 atom stereocenters. The molecule has 1 aliphatic rings. The van der Waals surface area contributed by atoms with Gasteiger partial charge in [0.2, 0.25) is 0 Å². The number of hydrogen-bond acceptors (Lipinski definition) is 7. The third kappa shape index (κ3) is 9.58. The van der Waals surface area contributed by atoms with E-state index in [9.17, 15) is 19.3 Å². The molecule has 1 aliphatic carbocycles. The summed E-state index contributed by atoms with van der Waals surface area (Å²) in [5.74, 6) is 0.353. The van der Waals surface area contributed by atoms with Crippen molar-refractivity contribution in [2.24, 2.45) is 5.41 Å². The molecular weight excluding hydrogens is 485 g/mol. The minimum absolute atomic E-state index is 0.171. The van der Waals surface area contributed by atoms with Crippen molar-refractivity contribution in [2.45, 2.75) is 31.6 Å². The normalized spacial score (nSPS) is 12.6. The fourth-order valence-corrected chi connectivity index (χ4v) is 3.52. The lowest BCUT2D eigenvalue weighted by Crippen LogP contribution is -2.27. The van der Waals surface area contributed by atoms with E-state index in [1.807, 2.05) is 6.92 Å². The monoisotopic (exact) mass is 515 g/mol. The largest absolute Gasteiger partial charge is 0.497 e. The van der Waals surface area contributed by atoms with E-state index in [4.69, 9.17) is 9.47 Å². The van der Waals surface area contributed by atoms with E-state index in [0.717, 1.165) is 5.56 Å². The average molecular weight is 516 g/mol. The Labute approximate surface area is 214 Å². The van der Waals surface area contributed by atoms with Crippen molar-refractivity contribution in [1.29, 1.82) is 0 Å². The standard InChI is InChI=1S/C12H13NO6.C8H10S.C7H7F/c1-17-9-2-4-10(5-3-9)19-11(14)12(6-7-12)8-18-13(15)16;1-7-5-3-4-6-8(7)9-2;1-6-2-4-7(8)5-3-6/h2-5H,6-8H2,1H3;3-6H,1-2H3;2-5H,1H3. The number of hydrogen-bond donors (Lipinski definition) is 0. The van der Waals surface area contributed by atoms with Crippen LogP contribution in [-0.4, -0.2) is 31.0 Å². The number of carbonyl (C=O) groups is 1. The predicted molar refractivity (Wildman–Crippen MR) is 137 cm³/mol. The molecular formula is C27H30FNO6S. The summed E-state index contributed by atoms with van der Waals surface area (Å²) >= 11 is 1.80. The van der Waals surface area contributed by atoms with Gasteiger partial charge in [0.25, 0.3) is 5.09 Å². The molecule has 0 amide bonds. The predicted octanol–water partition coefficient (Wildman–Crippen LogP) is 6.44. The number of methoxy groups -OCH3 is 1. The van der Waals surface area contributed by atoms with Gasteiger partial charge < -0.3 is 14.3 Å². The number of ether oxygens (including phenoxy) is 2.